The van der Waals surface area contributed by atoms with Crippen LogP contribution in [0, 0.1) is 19.8 Å². The number of rotatable bonds is 4. The van der Waals surface area contributed by atoms with Gasteiger partial charge in [-0.05, 0) is 44.7 Å². The van der Waals surface area contributed by atoms with Gasteiger partial charge in [-0.3, -0.25) is 9.78 Å². The lowest BCUT2D eigenvalue weighted by atomic mass is 10.1. The van der Waals surface area contributed by atoms with Gasteiger partial charge in [0.1, 0.15) is 0 Å². The topological polar surface area (TPSA) is 68.0 Å². The molecule has 1 fully saturated rings. The van der Waals surface area contributed by atoms with Gasteiger partial charge in [0.2, 0.25) is 0 Å². The fourth-order valence-electron chi connectivity index (χ4n) is 1.92. The Morgan fingerprint density at radius 1 is 1.53 bits per heavy atom. The maximum atomic E-state index is 11.9. The van der Waals surface area contributed by atoms with Crippen LogP contribution in [0.2, 0.25) is 0 Å². The first-order valence-corrected chi connectivity index (χ1v) is 6.06. The van der Waals surface area contributed by atoms with Crippen molar-refractivity contribution in [2.45, 2.75) is 32.7 Å². The molecule has 0 aromatic carbocycles. The van der Waals surface area contributed by atoms with Crippen LogP contribution < -0.4 is 11.1 Å². The average Bonchev–Trinajstić information content (AvgIpc) is 3.09. The molecule has 1 aromatic rings. The van der Waals surface area contributed by atoms with Gasteiger partial charge in [-0.2, -0.15) is 0 Å². The minimum atomic E-state index is -0.0777. The number of aryl methyl sites for hydroxylation is 2. The van der Waals surface area contributed by atoms with E-state index in [1.165, 1.54) is 12.8 Å². The lowest BCUT2D eigenvalue weighted by Crippen LogP contribution is -2.38. The summed E-state index contributed by atoms with van der Waals surface area (Å²) in [6.45, 7) is 4.32. The van der Waals surface area contributed by atoms with Crippen molar-refractivity contribution < 1.29 is 4.79 Å². The lowest BCUT2D eigenvalue weighted by Gasteiger charge is -2.12. The number of carbonyl (C=O) groups is 1. The highest BCUT2D eigenvalue weighted by Crippen LogP contribution is 2.31. The highest BCUT2D eigenvalue weighted by molar-refractivity contribution is 5.95. The molecule has 1 saturated carbocycles. The minimum absolute atomic E-state index is 0.0777. The van der Waals surface area contributed by atoms with Crippen LogP contribution in [0.15, 0.2) is 12.1 Å². The molecule has 0 aliphatic heterocycles. The van der Waals surface area contributed by atoms with Crippen LogP contribution in [-0.2, 0) is 0 Å². The van der Waals surface area contributed by atoms with Crippen LogP contribution in [0.4, 0.5) is 0 Å². The van der Waals surface area contributed by atoms with Gasteiger partial charge in [-0.25, -0.2) is 0 Å². The second-order valence-electron chi connectivity index (χ2n) is 4.80. The number of nitrogens with two attached hydrogens (primary N) is 1. The van der Waals surface area contributed by atoms with E-state index in [9.17, 15) is 4.79 Å². The molecule has 2 rings (SSSR count). The van der Waals surface area contributed by atoms with Gasteiger partial charge in [0.05, 0.1) is 11.3 Å². The van der Waals surface area contributed by atoms with E-state index in [0.29, 0.717) is 18.0 Å². The van der Waals surface area contributed by atoms with E-state index in [4.69, 9.17) is 5.73 Å². The van der Waals surface area contributed by atoms with Gasteiger partial charge in [0, 0.05) is 18.3 Å². The van der Waals surface area contributed by atoms with E-state index in [2.05, 4.69) is 10.3 Å². The highest BCUT2D eigenvalue weighted by Gasteiger charge is 2.28. The number of amides is 1. The quantitative estimate of drug-likeness (QED) is 0.820. The van der Waals surface area contributed by atoms with Gasteiger partial charge in [0.15, 0.2) is 0 Å². The summed E-state index contributed by atoms with van der Waals surface area (Å²) in [5.74, 6) is 0.527. The standard InChI is InChI=1S/C13H19N3O/c1-8-3-6-11(9(2)16-8)13(17)15-7-12(14)10-4-5-10/h3,6,10,12H,4-5,7,14H2,1-2H3,(H,15,17). The van der Waals surface area contributed by atoms with E-state index < -0.39 is 0 Å². The Balaban J connectivity index is 1.94. The molecular formula is C13H19N3O. The first-order valence-electron chi connectivity index (χ1n) is 6.06. The minimum Gasteiger partial charge on any atom is -0.350 e. The molecule has 92 valence electrons. The van der Waals surface area contributed by atoms with Gasteiger partial charge in [-0.1, -0.05) is 0 Å². The molecule has 0 bridgehead atoms. The van der Waals surface area contributed by atoms with Crippen molar-refractivity contribution in [3.63, 3.8) is 0 Å². The van der Waals surface area contributed by atoms with E-state index >= 15 is 0 Å². The molecule has 1 atom stereocenters. The molecule has 1 aliphatic carbocycles. The van der Waals surface area contributed by atoms with Crippen molar-refractivity contribution in [1.29, 1.82) is 0 Å². The van der Waals surface area contributed by atoms with E-state index in [-0.39, 0.29) is 11.9 Å². The molecule has 1 unspecified atom stereocenters. The fraction of sp³-hybridized carbons (Fsp3) is 0.538. The summed E-state index contributed by atoms with van der Waals surface area (Å²) >= 11 is 0. The maximum absolute atomic E-state index is 11.9. The molecule has 3 N–H and O–H groups in total. The Labute approximate surface area is 102 Å². The van der Waals surface area contributed by atoms with Gasteiger partial charge < -0.3 is 11.1 Å². The van der Waals surface area contributed by atoms with Crippen LogP contribution in [0.3, 0.4) is 0 Å². The van der Waals surface area contributed by atoms with Crippen molar-refractivity contribution >= 4 is 5.91 Å². The molecule has 1 amide bonds. The molecule has 4 nitrogen and oxygen atoms in total. The molecule has 1 aliphatic rings. The van der Waals surface area contributed by atoms with Crippen LogP contribution >= 0.6 is 0 Å². The third-order valence-electron chi connectivity index (χ3n) is 3.20. The molecule has 4 heteroatoms. The SMILES string of the molecule is Cc1ccc(C(=O)NCC(N)C2CC2)c(C)n1. The summed E-state index contributed by atoms with van der Waals surface area (Å²) in [6, 6.07) is 3.76. The Morgan fingerprint density at radius 3 is 2.82 bits per heavy atom. The van der Waals surface area contributed by atoms with Crippen molar-refractivity contribution in [1.82, 2.24) is 10.3 Å². The monoisotopic (exact) mass is 233 g/mol. The van der Waals surface area contributed by atoms with E-state index in [1.807, 2.05) is 26.0 Å². The maximum Gasteiger partial charge on any atom is 0.253 e. The predicted molar refractivity (Wildman–Crippen MR) is 66.7 cm³/mol. The summed E-state index contributed by atoms with van der Waals surface area (Å²) in [7, 11) is 0. The zero-order valence-corrected chi connectivity index (χ0v) is 10.4. The summed E-state index contributed by atoms with van der Waals surface area (Å²) in [5.41, 5.74) is 8.27. The number of hydrogen-bond donors (Lipinski definition) is 2. The molecule has 1 aromatic heterocycles. The van der Waals surface area contributed by atoms with Crippen molar-refractivity contribution in [3.05, 3.63) is 29.1 Å². The van der Waals surface area contributed by atoms with Crippen molar-refractivity contribution in [2.24, 2.45) is 11.7 Å². The number of carbonyl (C=O) groups excluding carboxylic acids is 1. The molecule has 1 heterocycles. The molecule has 17 heavy (non-hydrogen) atoms. The van der Waals surface area contributed by atoms with Crippen LogP contribution in [0.1, 0.15) is 34.6 Å². The number of aromatic nitrogens is 1. The van der Waals surface area contributed by atoms with Gasteiger partial charge in [0.25, 0.3) is 5.91 Å². The number of nitrogens with zero attached hydrogens (tertiary/aromatic N) is 1. The van der Waals surface area contributed by atoms with Gasteiger partial charge >= 0.3 is 0 Å². The third-order valence-corrected chi connectivity index (χ3v) is 3.20. The van der Waals surface area contributed by atoms with E-state index in [1.54, 1.807) is 0 Å². The first kappa shape index (κ1) is 12.0. The summed E-state index contributed by atoms with van der Waals surface area (Å²) < 4.78 is 0. The average molecular weight is 233 g/mol. The second-order valence-corrected chi connectivity index (χ2v) is 4.80. The van der Waals surface area contributed by atoms with Crippen LogP contribution in [0.5, 0.6) is 0 Å². The Kier molecular flexibility index (Phi) is 3.43. The van der Waals surface area contributed by atoms with Gasteiger partial charge in [-0.15, -0.1) is 0 Å². The van der Waals surface area contributed by atoms with Crippen molar-refractivity contribution in [3.8, 4) is 0 Å². The van der Waals surface area contributed by atoms with Crippen LogP contribution in [0.25, 0.3) is 0 Å². The predicted octanol–water partition coefficient (Wildman–Crippen LogP) is 1.17. The normalized spacial score (nSPS) is 16.6. The smallest absolute Gasteiger partial charge is 0.253 e. The van der Waals surface area contributed by atoms with Crippen LogP contribution in [-0.4, -0.2) is 23.5 Å². The zero-order valence-electron chi connectivity index (χ0n) is 10.4. The highest BCUT2D eigenvalue weighted by atomic mass is 16.1. The zero-order chi connectivity index (χ0) is 12.4. The molecule has 0 radical (unpaired) electrons. The molecular weight excluding hydrogens is 214 g/mol. The fourth-order valence-corrected chi connectivity index (χ4v) is 1.92. The second kappa shape index (κ2) is 4.84. The molecule has 0 saturated heterocycles. The Bertz CT molecular complexity index is 427. The van der Waals surface area contributed by atoms with Crippen molar-refractivity contribution in [2.75, 3.05) is 6.54 Å². The van der Waals surface area contributed by atoms with E-state index in [0.717, 1.165) is 11.4 Å². The third kappa shape index (κ3) is 3.03. The molecule has 0 spiro atoms. The number of pyridine rings is 1. The first-order chi connectivity index (χ1) is 8.08. The lowest BCUT2D eigenvalue weighted by molar-refractivity contribution is 0.0949. The number of nitrogens with one attached hydrogen (secondary N) is 1. The summed E-state index contributed by atoms with van der Waals surface area (Å²) in [6.07, 6.45) is 2.39. The Hall–Kier alpha value is -1.42. The number of hydrogen-bond acceptors (Lipinski definition) is 3. The Morgan fingerprint density at radius 2 is 2.24 bits per heavy atom. The summed E-state index contributed by atoms with van der Waals surface area (Å²) in [5, 5.41) is 2.88. The largest absolute Gasteiger partial charge is 0.350 e. The summed E-state index contributed by atoms with van der Waals surface area (Å²) in [4.78, 5) is 16.2.